The zero-order chi connectivity index (χ0) is 19.3. The van der Waals surface area contributed by atoms with Gasteiger partial charge in [0.15, 0.2) is 5.17 Å². The molecule has 4 aliphatic carbocycles. The summed E-state index contributed by atoms with van der Waals surface area (Å²) >= 11 is 1.80. The molecule has 0 spiro atoms. The van der Waals surface area contributed by atoms with E-state index in [2.05, 4.69) is 17.3 Å². The van der Waals surface area contributed by atoms with Crippen LogP contribution in [0.3, 0.4) is 0 Å². The molecule has 1 saturated heterocycles. The molecule has 1 N–H and O–H groups in total. The summed E-state index contributed by atoms with van der Waals surface area (Å²) in [4.78, 5) is 20.0. The molecule has 4 bridgehead atoms. The van der Waals surface area contributed by atoms with Gasteiger partial charge in [0, 0.05) is 31.0 Å². The van der Waals surface area contributed by atoms with E-state index in [1.165, 1.54) is 50.7 Å². The molecule has 1 aromatic rings. The van der Waals surface area contributed by atoms with Gasteiger partial charge in [0.1, 0.15) is 5.82 Å². The molecule has 0 aromatic heterocycles. The number of nitrogens with one attached hydrogen (secondary N) is 1. The molecule has 5 fully saturated rings. The molecule has 7 heteroatoms. The minimum atomic E-state index is -0.296. The van der Waals surface area contributed by atoms with Crippen LogP contribution in [0.15, 0.2) is 29.3 Å². The van der Waals surface area contributed by atoms with Crippen LogP contribution in [0.1, 0.15) is 44.9 Å². The summed E-state index contributed by atoms with van der Waals surface area (Å²) in [6.45, 7) is 0. The summed E-state index contributed by atoms with van der Waals surface area (Å²) in [5.74, 6) is 3.26. The highest BCUT2D eigenvalue weighted by atomic mass is 35.5. The highest BCUT2D eigenvalue weighted by Gasteiger charge is 2.51. The number of carbonyl (C=O) groups excluding carboxylic acids is 1. The van der Waals surface area contributed by atoms with Crippen molar-refractivity contribution in [3.63, 3.8) is 0 Å². The number of aliphatic imine (C=N–C) groups is 1. The molecular formula is C22H29ClFN3OS. The number of anilines is 1. The Morgan fingerprint density at radius 2 is 1.76 bits per heavy atom. The monoisotopic (exact) mass is 437 g/mol. The van der Waals surface area contributed by atoms with Crippen molar-refractivity contribution in [1.29, 1.82) is 0 Å². The summed E-state index contributed by atoms with van der Waals surface area (Å²) in [5, 5.41) is 4.00. The van der Waals surface area contributed by atoms with Crippen molar-refractivity contribution in [2.75, 3.05) is 18.1 Å². The number of rotatable bonds is 4. The topological polar surface area (TPSA) is 44.7 Å². The molecule has 1 aromatic carbocycles. The lowest BCUT2D eigenvalue weighted by molar-refractivity contribution is -0.116. The number of amidine groups is 1. The van der Waals surface area contributed by atoms with Crippen molar-refractivity contribution in [3.8, 4) is 0 Å². The number of carbonyl (C=O) groups is 1. The average Bonchev–Trinajstić information content (AvgIpc) is 2.95. The predicted octanol–water partition coefficient (Wildman–Crippen LogP) is 4.95. The number of nitrogens with zero attached hydrogens (tertiary/aromatic N) is 2. The maximum atomic E-state index is 13.0. The summed E-state index contributed by atoms with van der Waals surface area (Å²) in [5.41, 5.74) is 0.818. The lowest BCUT2D eigenvalue weighted by Gasteiger charge is -2.55. The van der Waals surface area contributed by atoms with E-state index in [0.717, 1.165) is 28.7 Å². The Kier molecular flexibility index (Phi) is 5.86. The number of thioether (sulfide) groups is 1. The van der Waals surface area contributed by atoms with E-state index in [4.69, 9.17) is 4.99 Å². The van der Waals surface area contributed by atoms with Gasteiger partial charge in [-0.1, -0.05) is 11.8 Å². The number of hydrogen-bond acceptors (Lipinski definition) is 3. The summed E-state index contributed by atoms with van der Waals surface area (Å²) < 4.78 is 13.0. The third kappa shape index (κ3) is 4.29. The van der Waals surface area contributed by atoms with Gasteiger partial charge in [0.25, 0.3) is 0 Å². The van der Waals surface area contributed by atoms with Gasteiger partial charge in [-0.25, -0.2) is 4.39 Å². The Labute approximate surface area is 182 Å². The van der Waals surface area contributed by atoms with Crippen molar-refractivity contribution < 1.29 is 9.18 Å². The fraction of sp³-hybridized carbons (Fsp3) is 0.636. The fourth-order valence-electron chi connectivity index (χ4n) is 6.21. The van der Waals surface area contributed by atoms with Gasteiger partial charge in [0.05, 0.1) is 5.54 Å². The third-order valence-corrected chi connectivity index (χ3v) is 8.33. The molecule has 1 atom stereocenters. The molecule has 29 heavy (non-hydrogen) atoms. The molecule has 4 saturated carbocycles. The van der Waals surface area contributed by atoms with E-state index in [-0.39, 0.29) is 35.7 Å². The Morgan fingerprint density at radius 3 is 2.34 bits per heavy atom. The molecule has 158 valence electrons. The smallest absolute Gasteiger partial charge is 0.226 e. The molecule has 1 unspecified atom stereocenters. The molecule has 1 aliphatic heterocycles. The minimum absolute atomic E-state index is 0. The van der Waals surface area contributed by atoms with Crippen molar-refractivity contribution in [1.82, 2.24) is 4.90 Å². The van der Waals surface area contributed by atoms with E-state index >= 15 is 0 Å². The maximum absolute atomic E-state index is 13.0. The first-order chi connectivity index (χ1) is 13.5. The standard InChI is InChI=1S/C22H28FN3OS.ClH/c1-26-19(9-20(27)24-18-4-2-17(23)3-5-18)13-28-21(26)25-22-10-14-6-15(11-22)8-16(7-14)12-22;/h2-5,14-16,19H,6-13H2,1H3,(H,24,27);1H/b25-21-;. The second-order valence-corrected chi connectivity index (χ2v) is 10.4. The number of halogens is 2. The van der Waals surface area contributed by atoms with E-state index in [1.54, 1.807) is 23.9 Å². The summed E-state index contributed by atoms with van der Waals surface area (Å²) in [6, 6.07) is 6.09. The van der Waals surface area contributed by atoms with Gasteiger partial charge < -0.3 is 10.2 Å². The SMILES string of the molecule is CN1/C(=N/C23CC4CC(CC(C4)C2)C3)SCC1CC(=O)Nc1ccc(F)cc1.Cl. The van der Waals surface area contributed by atoms with Gasteiger partial charge in [-0.05, 0) is 80.5 Å². The zero-order valence-electron chi connectivity index (χ0n) is 16.8. The maximum Gasteiger partial charge on any atom is 0.226 e. The van der Waals surface area contributed by atoms with Crippen LogP contribution in [0, 0.1) is 23.6 Å². The van der Waals surface area contributed by atoms with Crippen LogP contribution in [0.25, 0.3) is 0 Å². The third-order valence-electron chi connectivity index (χ3n) is 7.14. The lowest BCUT2D eigenvalue weighted by atomic mass is 9.53. The first-order valence-electron chi connectivity index (χ1n) is 10.5. The molecule has 5 aliphatic rings. The van der Waals surface area contributed by atoms with E-state index in [0.29, 0.717) is 12.1 Å². The number of hydrogen-bond donors (Lipinski definition) is 1. The average molecular weight is 438 g/mol. The van der Waals surface area contributed by atoms with E-state index in [1.807, 2.05) is 0 Å². The second kappa shape index (κ2) is 8.10. The van der Waals surface area contributed by atoms with Crippen LogP contribution in [0.2, 0.25) is 0 Å². The van der Waals surface area contributed by atoms with Crippen LogP contribution >= 0.6 is 24.2 Å². The summed E-state index contributed by atoms with van der Waals surface area (Å²) in [6.07, 6.45) is 8.53. The van der Waals surface area contributed by atoms with E-state index < -0.39 is 0 Å². The van der Waals surface area contributed by atoms with Crippen LogP contribution < -0.4 is 5.32 Å². The predicted molar refractivity (Wildman–Crippen MR) is 119 cm³/mol. The van der Waals surface area contributed by atoms with Crippen LogP contribution in [0.5, 0.6) is 0 Å². The van der Waals surface area contributed by atoms with Gasteiger partial charge >= 0.3 is 0 Å². The van der Waals surface area contributed by atoms with Crippen molar-refractivity contribution >= 4 is 40.9 Å². The van der Waals surface area contributed by atoms with Crippen molar-refractivity contribution in [2.45, 2.75) is 56.5 Å². The molecule has 1 amide bonds. The van der Waals surface area contributed by atoms with Gasteiger partial charge in [-0.3, -0.25) is 9.79 Å². The van der Waals surface area contributed by atoms with Crippen LogP contribution in [-0.4, -0.2) is 40.4 Å². The van der Waals surface area contributed by atoms with Gasteiger partial charge in [0.2, 0.25) is 5.91 Å². The van der Waals surface area contributed by atoms with E-state index in [9.17, 15) is 9.18 Å². The molecule has 1 heterocycles. The first-order valence-corrected chi connectivity index (χ1v) is 11.5. The fourth-order valence-corrected chi connectivity index (χ4v) is 7.51. The Balaban J connectivity index is 0.00000205. The molecule has 6 rings (SSSR count). The molecule has 4 nitrogen and oxygen atoms in total. The molecular weight excluding hydrogens is 409 g/mol. The van der Waals surface area contributed by atoms with Gasteiger partial charge in [-0.15, -0.1) is 12.4 Å². The summed E-state index contributed by atoms with van der Waals surface area (Å²) in [7, 11) is 2.08. The zero-order valence-corrected chi connectivity index (χ0v) is 18.4. The van der Waals surface area contributed by atoms with Crippen LogP contribution in [0.4, 0.5) is 10.1 Å². The highest BCUT2D eigenvalue weighted by molar-refractivity contribution is 8.14. The normalized spacial score (nSPS) is 36.3. The minimum Gasteiger partial charge on any atom is -0.350 e. The Hall–Kier alpha value is -1.27. The lowest BCUT2D eigenvalue weighted by Crippen LogP contribution is -2.50. The van der Waals surface area contributed by atoms with Crippen LogP contribution in [-0.2, 0) is 4.79 Å². The number of amides is 1. The Morgan fingerprint density at radius 1 is 1.17 bits per heavy atom. The quantitative estimate of drug-likeness (QED) is 0.724. The highest BCUT2D eigenvalue weighted by Crippen LogP contribution is 2.57. The molecule has 0 radical (unpaired) electrons. The van der Waals surface area contributed by atoms with Crippen molar-refractivity contribution in [3.05, 3.63) is 30.1 Å². The number of benzene rings is 1. The second-order valence-electron chi connectivity index (χ2n) is 9.37. The van der Waals surface area contributed by atoms with Gasteiger partial charge in [-0.2, -0.15) is 0 Å². The first kappa shape index (κ1) is 21.0. The Bertz CT molecular complexity index is 764. The van der Waals surface area contributed by atoms with Crippen molar-refractivity contribution in [2.24, 2.45) is 22.7 Å². The largest absolute Gasteiger partial charge is 0.350 e.